The van der Waals surface area contributed by atoms with Gasteiger partial charge >= 0.3 is 0 Å². The minimum Gasteiger partial charge on any atom is -0.321 e. The second kappa shape index (κ2) is 8.94. The molecule has 31 heavy (non-hydrogen) atoms. The minimum atomic E-state index is -3.68. The first kappa shape index (κ1) is 22.6. The molecule has 0 fully saturated rings. The maximum Gasteiger partial charge on any atom is 0.264 e. The van der Waals surface area contributed by atoms with Crippen LogP contribution in [0.15, 0.2) is 71.6 Å². The first-order chi connectivity index (χ1) is 14.6. The van der Waals surface area contributed by atoms with E-state index in [0.29, 0.717) is 16.8 Å². The summed E-state index contributed by atoms with van der Waals surface area (Å²) in [7, 11) is -2.16. The molecule has 0 aliphatic carbocycles. The zero-order valence-corrected chi connectivity index (χ0v) is 19.3. The highest BCUT2D eigenvalue weighted by Crippen LogP contribution is 2.29. The lowest BCUT2D eigenvalue weighted by Crippen LogP contribution is -2.27. The molecule has 0 saturated carbocycles. The van der Waals surface area contributed by atoms with Crippen LogP contribution in [-0.2, 0) is 10.0 Å². The van der Waals surface area contributed by atoms with E-state index < -0.39 is 10.0 Å². The molecule has 1 N–H and O–H groups in total. The molecule has 6 heteroatoms. The average molecular weight is 437 g/mol. The van der Waals surface area contributed by atoms with Gasteiger partial charge in [-0.25, -0.2) is 8.42 Å². The lowest BCUT2D eigenvalue weighted by molar-refractivity contribution is 0.102. The third-order valence-corrected chi connectivity index (χ3v) is 7.15. The minimum absolute atomic E-state index is 0.222. The molecular weight excluding hydrogens is 408 g/mol. The molecule has 0 bridgehead atoms. The van der Waals surface area contributed by atoms with Crippen molar-refractivity contribution in [1.29, 1.82) is 0 Å². The van der Waals surface area contributed by atoms with E-state index in [1.165, 1.54) is 11.4 Å². The van der Waals surface area contributed by atoms with Crippen molar-refractivity contribution < 1.29 is 13.2 Å². The van der Waals surface area contributed by atoms with E-state index in [0.717, 1.165) is 16.8 Å². The molecule has 162 valence electrons. The number of anilines is 2. The van der Waals surface area contributed by atoms with E-state index in [1.54, 1.807) is 55.5 Å². The average Bonchev–Trinajstić information content (AvgIpc) is 2.75. The van der Waals surface area contributed by atoms with Gasteiger partial charge in [-0.1, -0.05) is 50.2 Å². The zero-order valence-electron chi connectivity index (χ0n) is 18.5. The molecule has 3 aromatic carbocycles. The van der Waals surface area contributed by atoms with Gasteiger partial charge in [0.05, 0.1) is 10.6 Å². The van der Waals surface area contributed by atoms with Crippen molar-refractivity contribution in [3.8, 4) is 0 Å². The second-order valence-corrected chi connectivity index (χ2v) is 9.90. The predicted octanol–water partition coefficient (Wildman–Crippen LogP) is 5.50. The van der Waals surface area contributed by atoms with E-state index in [1.807, 2.05) is 25.1 Å². The van der Waals surface area contributed by atoms with Crippen molar-refractivity contribution in [2.45, 2.75) is 38.5 Å². The number of para-hydroxylation sites is 1. The van der Waals surface area contributed by atoms with E-state index in [9.17, 15) is 13.2 Å². The molecule has 3 aromatic rings. The van der Waals surface area contributed by atoms with Gasteiger partial charge in [0, 0.05) is 18.3 Å². The maximum absolute atomic E-state index is 12.9. The molecule has 0 aliphatic rings. The van der Waals surface area contributed by atoms with Crippen molar-refractivity contribution in [2.24, 2.45) is 0 Å². The summed E-state index contributed by atoms with van der Waals surface area (Å²) in [6.45, 7) is 7.95. The van der Waals surface area contributed by atoms with E-state index in [-0.39, 0.29) is 16.7 Å². The fourth-order valence-electron chi connectivity index (χ4n) is 3.56. The normalized spacial score (nSPS) is 11.4. The van der Waals surface area contributed by atoms with E-state index in [2.05, 4.69) is 19.2 Å². The highest BCUT2D eigenvalue weighted by atomic mass is 32.2. The smallest absolute Gasteiger partial charge is 0.264 e. The molecule has 0 spiro atoms. The number of carbonyl (C=O) groups is 1. The fraction of sp³-hybridized carbons (Fsp3) is 0.240. The SMILES string of the molecule is Cc1cc(C(=O)Nc2c(C)cccc2C(C)C)ccc1N(C)S(=O)(=O)c1ccccc1. The molecule has 0 aromatic heterocycles. The molecule has 0 heterocycles. The molecular formula is C25H28N2O3S. The number of amides is 1. The van der Waals surface area contributed by atoms with Gasteiger partial charge in [0.2, 0.25) is 0 Å². The van der Waals surface area contributed by atoms with Gasteiger partial charge in [-0.2, -0.15) is 0 Å². The number of hydrogen-bond donors (Lipinski definition) is 1. The van der Waals surface area contributed by atoms with Gasteiger partial charge in [-0.05, 0) is 66.8 Å². The van der Waals surface area contributed by atoms with Crippen LogP contribution in [0.1, 0.15) is 46.8 Å². The number of benzene rings is 3. The van der Waals surface area contributed by atoms with Crippen LogP contribution < -0.4 is 9.62 Å². The van der Waals surface area contributed by atoms with Crippen LogP contribution in [0.25, 0.3) is 0 Å². The topological polar surface area (TPSA) is 66.5 Å². The number of rotatable bonds is 6. The monoisotopic (exact) mass is 436 g/mol. The number of aryl methyl sites for hydroxylation is 2. The Morgan fingerprint density at radius 1 is 0.903 bits per heavy atom. The van der Waals surface area contributed by atoms with Gasteiger partial charge in [-0.15, -0.1) is 0 Å². The standard InChI is InChI=1S/C25H28N2O3S/c1-17(2)22-13-9-10-18(3)24(22)26-25(28)20-14-15-23(19(4)16-20)27(5)31(29,30)21-11-7-6-8-12-21/h6-17H,1-5H3,(H,26,28). The summed E-state index contributed by atoms with van der Waals surface area (Å²) in [5.74, 6) is 0.0515. The number of carbonyl (C=O) groups excluding carboxylic acids is 1. The van der Waals surface area contributed by atoms with Crippen LogP contribution in [-0.4, -0.2) is 21.4 Å². The molecule has 0 radical (unpaired) electrons. The molecule has 0 aliphatic heterocycles. The molecule has 1 amide bonds. The van der Waals surface area contributed by atoms with Crippen molar-refractivity contribution in [3.05, 3.63) is 89.0 Å². The van der Waals surface area contributed by atoms with Crippen molar-refractivity contribution >= 4 is 27.3 Å². The zero-order chi connectivity index (χ0) is 22.8. The van der Waals surface area contributed by atoms with Crippen LogP contribution in [0, 0.1) is 13.8 Å². The summed E-state index contributed by atoms with van der Waals surface area (Å²) < 4.78 is 27.1. The molecule has 5 nitrogen and oxygen atoms in total. The summed E-state index contributed by atoms with van der Waals surface area (Å²) >= 11 is 0. The Labute approximate surface area is 184 Å². The second-order valence-electron chi connectivity index (χ2n) is 7.93. The lowest BCUT2D eigenvalue weighted by atomic mass is 9.98. The van der Waals surface area contributed by atoms with Gasteiger partial charge in [-0.3, -0.25) is 9.10 Å². The van der Waals surface area contributed by atoms with Crippen LogP contribution in [0.4, 0.5) is 11.4 Å². The Hall–Kier alpha value is -3.12. The van der Waals surface area contributed by atoms with Gasteiger partial charge in [0.15, 0.2) is 0 Å². The number of sulfonamides is 1. The Morgan fingerprint density at radius 2 is 1.58 bits per heavy atom. The van der Waals surface area contributed by atoms with Crippen molar-refractivity contribution in [3.63, 3.8) is 0 Å². The largest absolute Gasteiger partial charge is 0.321 e. The Balaban J connectivity index is 1.89. The van der Waals surface area contributed by atoms with Crippen molar-refractivity contribution in [2.75, 3.05) is 16.7 Å². The van der Waals surface area contributed by atoms with Crippen LogP contribution in [0.3, 0.4) is 0 Å². The van der Waals surface area contributed by atoms with E-state index in [4.69, 9.17) is 0 Å². The lowest BCUT2D eigenvalue weighted by Gasteiger charge is -2.22. The quantitative estimate of drug-likeness (QED) is 0.554. The highest BCUT2D eigenvalue weighted by molar-refractivity contribution is 7.92. The first-order valence-corrected chi connectivity index (χ1v) is 11.6. The fourth-order valence-corrected chi connectivity index (χ4v) is 4.84. The Bertz CT molecular complexity index is 1200. The Kier molecular flexibility index (Phi) is 6.51. The number of nitrogens with one attached hydrogen (secondary N) is 1. The van der Waals surface area contributed by atoms with Gasteiger partial charge < -0.3 is 5.32 Å². The molecule has 0 saturated heterocycles. The number of hydrogen-bond acceptors (Lipinski definition) is 3. The summed E-state index contributed by atoms with van der Waals surface area (Å²) in [6, 6.07) is 19.3. The Morgan fingerprint density at radius 3 is 2.19 bits per heavy atom. The highest BCUT2D eigenvalue weighted by Gasteiger charge is 2.23. The summed E-state index contributed by atoms with van der Waals surface area (Å²) in [6.07, 6.45) is 0. The molecule has 3 rings (SSSR count). The summed E-state index contributed by atoms with van der Waals surface area (Å²) in [5, 5.41) is 3.04. The van der Waals surface area contributed by atoms with Crippen molar-refractivity contribution in [1.82, 2.24) is 0 Å². The maximum atomic E-state index is 12.9. The van der Waals surface area contributed by atoms with Crippen LogP contribution in [0.2, 0.25) is 0 Å². The van der Waals surface area contributed by atoms with Crippen LogP contribution in [0.5, 0.6) is 0 Å². The third kappa shape index (κ3) is 4.64. The number of nitrogens with zero attached hydrogens (tertiary/aromatic N) is 1. The summed E-state index contributed by atoms with van der Waals surface area (Å²) in [5.41, 5.74) is 4.61. The van der Waals surface area contributed by atoms with Crippen LogP contribution >= 0.6 is 0 Å². The molecule has 0 unspecified atom stereocenters. The first-order valence-electron chi connectivity index (χ1n) is 10.2. The molecule has 0 atom stereocenters. The predicted molar refractivity (Wildman–Crippen MR) is 126 cm³/mol. The summed E-state index contributed by atoms with van der Waals surface area (Å²) in [4.78, 5) is 13.2. The van der Waals surface area contributed by atoms with Gasteiger partial charge in [0.25, 0.3) is 15.9 Å². The van der Waals surface area contributed by atoms with E-state index >= 15 is 0 Å². The van der Waals surface area contributed by atoms with Gasteiger partial charge in [0.1, 0.15) is 0 Å². The third-order valence-electron chi connectivity index (χ3n) is 5.37.